The average Bonchev–Trinajstić information content (AvgIpc) is 3.34. The molecule has 174 valence electrons. The lowest BCUT2D eigenvalue weighted by atomic mass is 9.91. The first-order valence-corrected chi connectivity index (χ1v) is 12.2. The van der Waals surface area contributed by atoms with Gasteiger partial charge in [0.25, 0.3) is 5.91 Å². The van der Waals surface area contributed by atoms with Crippen molar-refractivity contribution in [2.75, 3.05) is 4.90 Å². The highest BCUT2D eigenvalue weighted by molar-refractivity contribution is 6.14. The highest BCUT2D eigenvalue weighted by atomic mass is 16.3. The van der Waals surface area contributed by atoms with E-state index >= 15 is 0 Å². The van der Waals surface area contributed by atoms with Crippen LogP contribution in [0.15, 0.2) is 41.0 Å². The number of benzene rings is 1. The Morgan fingerprint density at radius 3 is 2.52 bits per heavy atom. The van der Waals surface area contributed by atoms with E-state index in [1.165, 1.54) is 19.3 Å². The summed E-state index contributed by atoms with van der Waals surface area (Å²) in [5.74, 6) is -0.257. The number of nitrogens with zero attached hydrogens (tertiary/aromatic N) is 2. The second-order valence-corrected chi connectivity index (χ2v) is 10.0. The van der Waals surface area contributed by atoms with Crippen LogP contribution in [0.5, 0.6) is 0 Å². The molecule has 5 rings (SSSR count). The van der Waals surface area contributed by atoms with Crippen LogP contribution >= 0.6 is 0 Å². The number of hydrogen-bond donors (Lipinski definition) is 1. The molecule has 0 spiro atoms. The summed E-state index contributed by atoms with van der Waals surface area (Å²) in [6.45, 7) is 6.32. The molecule has 0 unspecified atom stereocenters. The number of fused-ring (bicyclic) bond motifs is 3. The quantitative estimate of drug-likeness (QED) is 0.576. The number of aromatic nitrogens is 1. The van der Waals surface area contributed by atoms with Gasteiger partial charge in [-0.05, 0) is 45.2 Å². The average molecular weight is 448 g/mol. The fourth-order valence-electron chi connectivity index (χ4n) is 5.59. The predicted octanol–water partition coefficient (Wildman–Crippen LogP) is 5.50. The molecular weight excluding hydrogens is 414 g/mol. The molecule has 2 aliphatic rings. The Labute approximate surface area is 194 Å². The van der Waals surface area contributed by atoms with Crippen LogP contribution in [0.3, 0.4) is 0 Å². The van der Waals surface area contributed by atoms with Crippen LogP contribution in [0, 0.1) is 13.8 Å². The molecular formula is C27H33N3O3. The zero-order chi connectivity index (χ0) is 23.2. The van der Waals surface area contributed by atoms with Crippen molar-refractivity contribution in [3.8, 4) is 0 Å². The molecule has 1 N–H and O–H groups in total. The maximum atomic E-state index is 14.0. The third kappa shape index (κ3) is 3.75. The van der Waals surface area contributed by atoms with Crippen LogP contribution in [0.4, 0.5) is 5.69 Å². The summed E-state index contributed by atoms with van der Waals surface area (Å²) in [4.78, 5) is 29.6. The van der Waals surface area contributed by atoms with E-state index in [-0.39, 0.29) is 17.9 Å². The van der Waals surface area contributed by atoms with Gasteiger partial charge in [0.1, 0.15) is 11.2 Å². The van der Waals surface area contributed by atoms with Gasteiger partial charge in [-0.3, -0.25) is 14.5 Å². The topological polar surface area (TPSA) is 67.5 Å². The molecule has 0 bridgehead atoms. The minimum absolute atomic E-state index is 0.0857. The van der Waals surface area contributed by atoms with E-state index in [2.05, 4.69) is 11.4 Å². The predicted molar refractivity (Wildman–Crippen MR) is 130 cm³/mol. The van der Waals surface area contributed by atoms with Gasteiger partial charge in [0, 0.05) is 23.9 Å². The van der Waals surface area contributed by atoms with Crippen molar-refractivity contribution in [3.05, 3.63) is 53.4 Å². The lowest BCUT2D eigenvalue weighted by molar-refractivity contribution is -0.127. The summed E-state index contributed by atoms with van der Waals surface area (Å²) in [5.41, 5.74) is 3.91. The Morgan fingerprint density at radius 2 is 1.79 bits per heavy atom. The molecule has 1 aromatic carbocycles. The van der Waals surface area contributed by atoms with Crippen LogP contribution in [0.25, 0.3) is 11.1 Å². The molecule has 2 amide bonds. The monoisotopic (exact) mass is 447 g/mol. The lowest BCUT2D eigenvalue weighted by Gasteiger charge is -2.45. The summed E-state index contributed by atoms with van der Waals surface area (Å²) in [6.07, 6.45) is 9.64. The number of nitrogens with one attached hydrogen (secondary N) is 1. The maximum absolute atomic E-state index is 14.0. The first-order chi connectivity index (χ1) is 15.9. The Morgan fingerprint density at radius 1 is 1.06 bits per heavy atom. The number of hydrogen-bond acceptors (Lipinski definition) is 3. The summed E-state index contributed by atoms with van der Waals surface area (Å²) < 4.78 is 7.53. The minimum Gasteiger partial charge on any atom is -0.463 e. The number of rotatable bonds is 3. The highest BCUT2D eigenvalue weighted by Crippen LogP contribution is 2.38. The Balaban J connectivity index is 1.57. The molecule has 3 aromatic rings. The third-order valence-corrected chi connectivity index (χ3v) is 7.43. The summed E-state index contributed by atoms with van der Waals surface area (Å²) in [6, 6.07) is 9.85. The molecule has 3 heterocycles. The van der Waals surface area contributed by atoms with E-state index in [0.717, 1.165) is 48.0 Å². The van der Waals surface area contributed by atoms with Gasteiger partial charge < -0.3 is 14.3 Å². The van der Waals surface area contributed by atoms with Gasteiger partial charge in [0.2, 0.25) is 5.91 Å². The van der Waals surface area contributed by atoms with Gasteiger partial charge in [-0.25, -0.2) is 0 Å². The van der Waals surface area contributed by atoms with Gasteiger partial charge >= 0.3 is 0 Å². The maximum Gasteiger partial charge on any atom is 0.276 e. The van der Waals surface area contributed by atoms with Crippen molar-refractivity contribution in [3.63, 3.8) is 0 Å². The van der Waals surface area contributed by atoms with E-state index in [0.29, 0.717) is 17.8 Å². The first-order valence-electron chi connectivity index (χ1n) is 12.2. The SMILES string of the molecule is Cc1ccc(N2C(=O)c3cc4occc4n3C[C@@]2(C)C(=O)NC2CCCCCCC2)c(C)c1. The fourth-order valence-corrected chi connectivity index (χ4v) is 5.59. The van der Waals surface area contributed by atoms with Gasteiger partial charge in [-0.15, -0.1) is 0 Å². The molecule has 0 saturated heterocycles. The zero-order valence-electron chi connectivity index (χ0n) is 19.8. The number of anilines is 1. The molecule has 1 atom stereocenters. The van der Waals surface area contributed by atoms with Crippen LogP contribution in [-0.2, 0) is 11.3 Å². The van der Waals surface area contributed by atoms with Gasteiger partial charge in [-0.2, -0.15) is 0 Å². The van der Waals surface area contributed by atoms with E-state index in [1.54, 1.807) is 17.2 Å². The van der Waals surface area contributed by atoms with Crippen LogP contribution in [0.2, 0.25) is 0 Å². The van der Waals surface area contributed by atoms with Gasteiger partial charge in [-0.1, -0.05) is 49.8 Å². The Hall–Kier alpha value is -3.02. The second-order valence-electron chi connectivity index (χ2n) is 10.0. The zero-order valence-corrected chi connectivity index (χ0v) is 19.8. The van der Waals surface area contributed by atoms with Crippen LogP contribution in [0.1, 0.15) is 73.5 Å². The summed E-state index contributed by atoms with van der Waals surface area (Å²) in [7, 11) is 0. The molecule has 1 fully saturated rings. The standard InChI is InChI=1S/C27H33N3O3/c1-18-11-12-21(19(2)15-18)30-25(31)23-16-24-22(13-14-33-24)29(23)17-27(30,3)26(32)28-20-9-7-5-4-6-8-10-20/h11-16,20H,4-10,17H2,1-3H3,(H,28,32)/t27-/m0/s1. The molecule has 6 nitrogen and oxygen atoms in total. The van der Waals surface area contributed by atoms with Crippen molar-refractivity contribution >= 4 is 28.6 Å². The number of carbonyl (C=O) groups excluding carboxylic acids is 2. The third-order valence-electron chi connectivity index (χ3n) is 7.43. The van der Waals surface area contributed by atoms with E-state index in [1.807, 2.05) is 43.5 Å². The number of furan rings is 1. The Kier molecular flexibility index (Phi) is 5.55. The van der Waals surface area contributed by atoms with E-state index in [9.17, 15) is 9.59 Å². The molecule has 1 aliphatic heterocycles. The first kappa shape index (κ1) is 21.8. The van der Waals surface area contributed by atoms with Crippen molar-refractivity contribution in [2.45, 2.75) is 83.8 Å². The van der Waals surface area contributed by atoms with Gasteiger partial charge in [0.15, 0.2) is 5.58 Å². The molecule has 1 aliphatic carbocycles. The highest BCUT2D eigenvalue weighted by Gasteiger charge is 2.49. The molecule has 33 heavy (non-hydrogen) atoms. The van der Waals surface area contributed by atoms with Crippen molar-refractivity contribution < 1.29 is 14.0 Å². The molecule has 1 saturated carbocycles. The lowest BCUT2D eigenvalue weighted by Crippen LogP contribution is -2.65. The van der Waals surface area contributed by atoms with E-state index < -0.39 is 5.54 Å². The number of carbonyl (C=O) groups is 2. The molecule has 6 heteroatoms. The van der Waals surface area contributed by atoms with Crippen molar-refractivity contribution in [2.24, 2.45) is 0 Å². The summed E-state index contributed by atoms with van der Waals surface area (Å²) in [5, 5.41) is 3.34. The summed E-state index contributed by atoms with van der Waals surface area (Å²) >= 11 is 0. The second kappa shape index (κ2) is 8.40. The normalized spacial score (nSPS) is 22.2. The minimum atomic E-state index is -1.06. The van der Waals surface area contributed by atoms with Crippen LogP contribution < -0.4 is 10.2 Å². The van der Waals surface area contributed by atoms with Gasteiger partial charge in [0.05, 0.1) is 18.3 Å². The van der Waals surface area contributed by atoms with E-state index in [4.69, 9.17) is 4.42 Å². The van der Waals surface area contributed by atoms with Crippen LogP contribution in [-0.4, -0.2) is 28.0 Å². The molecule has 0 radical (unpaired) electrons. The van der Waals surface area contributed by atoms with Crippen molar-refractivity contribution in [1.29, 1.82) is 0 Å². The number of amides is 2. The fraction of sp³-hybridized carbons (Fsp3) is 0.481. The largest absolute Gasteiger partial charge is 0.463 e. The number of aryl methyl sites for hydroxylation is 2. The smallest absolute Gasteiger partial charge is 0.276 e. The Bertz CT molecular complexity index is 1200. The molecule has 2 aromatic heterocycles. The van der Waals surface area contributed by atoms with Crippen molar-refractivity contribution in [1.82, 2.24) is 9.88 Å².